The molecule has 4 rings (SSSR count). The van der Waals surface area contributed by atoms with Gasteiger partial charge in [0.2, 0.25) is 6.10 Å². The Hall–Kier alpha value is -4.11. The number of hydrogen-bond acceptors (Lipinski definition) is 6. The number of nitriles is 1. The van der Waals surface area contributed by atoms with E-state index < -0.39 is 47.6 Å². The second-order valence-corrected chi connectivity index (χ2v) is 9.24. The second-order valence-electron chi connectivity index (χ2n) is 9.24. The molecule has 0 bridgehead atoms. The number of rotatable bonds is 7. The Bertz CT molecular complexity index is 1280. The van der Waals surface area contributed by atoms with Crippen LogP contribution in [0.1, 0.15) is 47.9 Å². The van der Waals surface area contributed by atoms with E-state index in [-0.39, 0.29) is 18.0 Å². The van der Waals surface area contributed by atoms with Crippen LogP contribution in [0.5, 0.6) is 0 Å². The third-order valence-electron chi connectivity index (χ3n) is 6.86. The van der Waals surface area contributed by atoms with Gasteiger partial charge in [-0.2, -0.15) is 5.26 Å². The average molecular weight is 530 g/mol. The molecule has 2 saturated heterocycles. The molecule has 0 radical (unpaired) electrons. The van der Waals surface area contributed by atoms with Crippen LogP contribution < -0.4 is 11.1 Å². The topological polar surface area (TPSA) is 129 Å². The van der Waals surface area contributed by atoms with Crippen LogP contribution in [0.25, 0.3) is 0 Å². The van der Waals surface area contributed by atoms with Gasteiger partial charge in [-0.05, 0) is 80.2 Å². The molecule has 0 saturated carbocycles. The molecule has 0 unspecified atom stereocenters. The van der Waals surface area contributed by atoms with E-state index in [0.29, 0.717) is 23.4 Å². The number of nitrogens with zero attached hydrogens (tertiary/aromatic N) is 3. The van der Waals surface area contributed by atoms with E-state index in [4.69, 9.17) is 10.5 Å². The number of urea groups is 1. The highest BCUT2D eigenvalue weighted by Crippen LogP contribution is 2.34. The summed E-state index contributed by atoms with van der Waals surface area (Å²) in [5, 5.41) is 11.9. The molecule has 2 fully saturated rings. The van der Waals surface area contributed by atoms with Crippen LogP contribution in [0.2, 0.25) is 0 Å². The fourth-order valence-corrected chi connectivity index (χ4v) is 4.95. The van der Waals surface area contributed by atoms with Crippen LogP contribution >= 0.6 is 0 Å². The van der Waals surface area contributed by atoms with Gasteiger partial charge in [-0.15, -0.1) is 0 Å². The molecule has 200 valence electrons. The zero-order valence-electron chi connectivity index (χ0n) is 20.3. The molecule has 9 nitrogen and oxygen atoms in total. The number of nitrogens with two attached hydrogens (primary N) is 1. The Labute approximate surface area is 216 Å². The summed E-state index contributed by atoms with van der Waals surface area (Å²) < 4.78 is 45.6. The van der Waals surface area contributed by atoms with Gasteiger partial charge < -0.3 is 20.7 Å². The molecule has 0 spiro atoms. The molecule has 2 heterocycles. The van der Waals surface area contributed by atoms with Gasteiger partial charge in [0.1, 0.15) is 11.9 Å². The Morgan fingerprint density at radius 3 is 2.50 bits per heavy atom. The van der Waals surface area contributed by atoms with Crippen molar-refractivity contribution in [3.05, 3.63) is 70.5 Å². The van der Waals surface area contributed by atoms with Crippen molar-refractivity contribution in [3.63, 3.8) is 0 Å². The number of hydrogen-bond donors (Lipinski definition) is 2. The van der Waals surface area contributed by atoms with Crippen molar-refractivity contribution < 1.29 is 32.3 Å². The summed E-state index contributed by atoms with van der Waals surface area (Å²) in [4.78, 5) is 39.9. The largest absolute Gasteiger partial charge is 0.433 e. The highest BCUT2D eigenvalue weighted by atomic mass is 19.2. The van der Waals surface area contributed by atoms with Crippen molar-refractivity contribution in [3.8, 4) is 6.07 Å². The number of carbonyl (C=O) groups is 3. The number of ether oxygens (including phenoxy) is 1. The van der Waals surface area contributed by atoms with Crippen LogP contribution in [0.4, 0.5) is 22.8 Å². The number of piperidine rings is 1. The number of likely N-dealkylation sites (tertiary alicyclic amines) is 1. The lowest BCUT2D eigenvalue weighted by Gasteiger charge is -2.32. The first-order valence-corrected chi connectivity index (χ1v) is 12.1. The number of cyclic esters (lactones) is 1. The number of nitrogens with one attached hydrogen (secondary N) is 1. The van der Waals surface area contributed by atoms with Crippen molar-refractivity contribution in [2.24, 2.45) is 5.73 Å². The Balaban J connectivity index is 1.30. The molecule has 0 aromatic heterocycles. The smallest absolute Gasteiger partial charge is 0.419 e. The Kier molecular flexibility index (Phi) is 8.16. The highest BCUT2D eigenvalue weighted by molar-refractivity contribution is 5.96. The van der Waals surface area contributed by atoms with E-state index in [1.165, 1.54) is 12.1 Å². The zero-order valence-corrected chi connectivity index (χ0v) is 20.3. The van der Waals surface area contributed by atoms with E-state index in [1.807, 2.05) is 0 Å². The van der Waals surface area contributed by atoms with Crippen molar-refractivity contribution in [1.82, 2.24) is 15.1 Å². The number of amides is 4. The molecule has 0 aliphatic carbocycles. The normalized spacial score (nSPS) is 20.2. The molecule has 2 aliphatic heterocycles. The van der Waals surface area contributed by atoms with Crippen molar-refractivity contribution >= 4 is 18.0 Å². The maximum Gasteiger partial charge on any atom is 0.419 e. The van der Waals surface area contributed by atoms with Gasteiger partial charge >= 0.3 is 12.1 Å². The van der Waals surface area contributed by atoms with Gasteiger partial charge in [0.05, 0.1) is 11.6 Å². The lowest BCUT2D eigenvalue weighted by atomic mass is 9.86. The minimum Gasteiger partial charge on any atom is -0.433 e. The Morgan fingerprint density at radius 2 is 1.84 bits per heavy atom. The van der Waals surface area contributed by atoms with E-state index >= 15 is 0 Å². The quantitative estimate of drug-likeness (QED) is 0.530. The SMILES string of the molecule is N#Cc1cc(F)ccc1C1CCN(CCCNC(=O)N2C(=O)O[C@@H](C(N)=O)[C@@H]2c2ccc(F)c(F)c2)CC1. The summed E-state index contributed by atoms with van der Waals surface area (Å²) >= 11 is 0. The van der Waals surface area contributed by atoms with Crippen LogP contribution in [0, 0.1) is 28.8 Å². The maximum atomic E-state index is 13.8. The lowest BCUT2D eigenvalue weighted by molar-refractivity contribution is -0.125. The van der Waals surface area contributed by atoms with Crippen molar-refractivity contribution in [2.45, 2.75) is 37.3 Å². The fraction of sp³-hybridized carbons (Fsp3) is 0.385. The first-order valence-electron chi connectivity index (χ1n) is 12.1. The van der Waals surface area contributed by atoms with Gasteiger partial charge in [0.15, 0.2) is 11.6 Å². The third kappa shape index (κ3) is 5.73. The Morgan fingerprint density at radius 1 is 1.11 bits per heavy atom. The van der Waals surface area contributed by atoms with Gasteiger partial charge in [0, 0.05) is 6.54 Å². The number of halogens is 3. The number of imide groups is 1. The summed E-state index contributed by atoms with van der Waals surface area (Å²) in [5.74, 6) is -3.65. The van der Waals surface area contributed by atoms with E-state index in [2.05, 4.69) is 16.3 Å². The molecule has 3 N–H and O–H groups in total. The molecule has 2 aliphatic rings. The molecule has 2 atom stereocenters. The summed E-state index contributed by atoms with van der Waals surface area (Å²) in [6.07, 6.45) is -0.524. The first-order chi connectivity index (χ1) is 18.2. The second kappa shape index (κ2) is 11.5. The molecule has 4 amide bonds. The van der Waals surface area contributed by atoms with E-state index in [9.17, 15) is 32.8 Å². The highest BCUT2D eigenvalue weighted by Gasteiger charge is 2.49. The van der Waals surface area contributed by atoms with E-state index in [1.54, 1.807) is 6.07 Å². The molecular weight excluding hydrogens is 503 g/mol. The van der Waals surface area contributed by atoms with Gasteiger partial charge in [0.25, 0.3) is 5.91 Å². The van der Waals surface area contributed by atoms with Crippen molar-refractivity contribution in [2.75, 3.05) is 26.2 Å². The minimum atomic E-state index is -1.55. The number of benzene rings is 2. The molecule has 2 aromatic carbocycles. The van der Waals surface area contributed by atoms with Gasteiger partial charge in [-0.25, -0.2) is 27.7 Å². The van der Waals surface area contributed by atoms with Crippen molar-refractivity contribution in [1.29, 1.82) is 5.26 Å². The zero-order chi connectivity index (χ0) is 27.4. The first kappa shape index (κ1) is 26.9. The van der Waals surface area contributed by atoms with Crippen LogP contribution in [0.3, 0.4) is 0 Å². The predicted molar refractivity (Wildman–Crippen MR) is 128 cm³/mol. The predicted octanol–water partition coefficient (Wildman–Crippen LogP) is 3.30. The molecule has 2 aromatic rings. The lowest BCUT2D eigenvalue weighted by Crippen LogP contribution is -2.45. The van der Waals surface area contributed by atoms with Crippen LogP contribution in [-0.2, 0) is 9.53 Å². The fourth-order valence-electron chi connectivity index (χ4n) is 4.95. The van der Waals surface area contributed by atoms with Crippen LogP contribution in [0.15, 0.2) is 36.4 Å². The minimum absolute atomic E-state index is 0.0164. The maximum absolute atomic E-state index is 13.8. The van der Waals surface area contributed by atoms with Gasteiger partial charge in [-0.1, -0.05) is 12.1 Å². The molecule has 38 heavy (non-hydrogen) atoms. The molecule has 12 heteroatoms. The monoisotopic (exact) mass is 529 g/mol. The summed E-state index contributed by atoms with van der Waals surface area (Å²) in [5.41, 5.74) is 6.50. The molecular formula is C26H26F3N5O4. The standard InChI is InChI=1S/C26H26F3N5O4/c27-18-3-4-19(17(12-18)14-30)15-6-10-33(11-7-15)9-1-8-32-25(36)34-22(23(24(31)35)38-26(34)37)16-2-5-20(28)21(29)13-16/h2-5,12-13,15,22-23H,1,6-11H2,(H2,31,35)(H,32,36)/t22-,23+/m0/s1. The van der Waals surface area contributed by atoms with E-state index in [0.717, 1.165) is 49.7 Å². The van der Waals surface area contributed by atoms with Gasteiger partial charge in [-0.3, -0.25) is 4.79 Å². The number of primary amides is 1. The number of carbonyl (C=O) groups excluding carboxylic acids is 3. The average Bonchev–Trinajstić information content (AvgIpc) is 3.26. The van der Waals surface area contributed by atoms with Crippen LogP contribution in [-0.4, -0.2) is 60.1 Å². The third-order valence-corrected chi connectivity index (χ3v) is 6.86. The summed E-state index contributed by atoms with van der Waals surface area (Å²) in [7, 11) is 0. The summed E-state index contributed by atoms with van der Waals surface area (Å²) in [6, 6.07) is 6.90. The summed E-state index contributed by atoms with van der Waals surface area (Å²) in [6.45, 7) is 2.38.